The first kappa shape index (κ1) is 26.0. The maximum Gasteiger partial charge on any atom is 0.400 e. The van der Waals surface area contributed by atoms with Crippen LogP contribution >= 0.6 is 0 Å². The molecule has 0 radical (unpaired) electrons. The van der Waals surface area contributed by atoms with Gasteiger partial charge in [0.2, 0.25) is 0 Å². The molecule has 0 saturated heterocycles. The van der Waals surface area contributed by atoms with E-state index in [1.54, 1.807) is 0 Å². The zero-order valence-corrected chi connectivity index (χ0v) is 18.9. The summed E-state index contributed by atoms with van der Waals surface area (Å²) < 4.78 is 92.5. The topological polar surface area (TPSA) is 18.5 Å². The summed E-state index contributed by atoms with van der Waals surface area (Å²) in [7, 11) is 0. The lowest BCUT2D eigenvalue weighted by atomic mass is 9.79. The summed E-state index contributed by atoms with van der Waals surface area (Å²) in [6, 6.07) is 6.52. The van der Waals surface area contributed by atoms with E-state index in [0.717, 1.165) is 37.8 Å². The van der Waals surface area contributed by atoms with Crippen LogP contribution in [0.25, 0.3) is 11.1 Å². The van der Waals surface area contributed by atoms with E-state index in [0.29, 0.717) is 31.6 Å². The molecule has 0 aliphatic heterocycles. The second-order valence-electron chi connectivity index (χ2n) is 8.69. The van der Waals surface area contributed by atoms with Crippen LogP contribution in [0, 0.1) is 23.5 Å². The Kier molecular flexibility index (Phi) is 8.91. The number of unbranched alkanes of at least 4 members (excludes halogenated alkanes) is 2. The first-order chi connectivity index (χ1) is 16.2. The molecule has 34 heavy (non-hydrogen) atoms. The van der Waals surface area contributed by atoms with Crippen LogP contribution in [-0.4, -0.2) is 6.11 Å². The van der Waals surface area contributed by atoms with Gasteiger partial charge in [-0.15, -0.1) is 0 Å². The first-order valence-electron chi connectivity index (χ1n) is 11.5. The fourth-order valence-electron chi connectivity index (χ4n) is 4.41. The van der Waals surface area contributed by atoms with Gasteiger partial charge in [0.15, 0.2) is 6.26 Å². The number of hydrogen-bond acceptors (Lipinski definition) is 2. The molecule has 1 aliphatic carbocycles. The van der Waals surface area contributed by atoms with Crippen LogP contribution in [0.15, 0.2) is 48.7 Å². The van der Waals surface area contributed by atoms with E-state index in [9.17, 15) is 26.3 Å². The fourth-order valence-corrected chi connectivity index (χ4v) is 4.41. The molecule has 1 aliphatic rings. The molecule has 0 amide bonds. The van der Waals surface area contributed by atoms with Gasteiger partial charge < -0.3 is 9.47 Å². The molecule has 2 aromatic rings. The molecule has 1 fully saturated rings. The Labute approximate surface area is 195 Å². The first-order valence-corrected chi connectivity index (χ1v) is 11.5. The van der Waals surface area contributed by atoms with E-state index in [2.05, 4.69) is 11.7 Å². The summed E-state index contributed by atoms with van der Waals surface area (Å²) in [6.07, 6.45) is 1.08. The summed E-state index contributed by atoms with van der Waals surface area (Å²) in [5.74, 6) is -3.26. The minimum absolute atomic E-state index is 0.0389. The number of rotatable bonds is 10. The summed E-state index contributed by atoms with van der Waals surface area (Å²) >= 11 is 0. The van der Waals surface area contributed by atoms with Crippen molar-refractivity contribution in [2.24, 2.45) is 11.8 Å². The average molecular weight is 486 g/mol. The van der Waals surface area contributed by atoms with Crippen LogP contribution in [0.2, 0.25) is 0 Å². The lowest BCUT2D eigenvalue weighted by Crippen LogP contribution is -2.37. The Balaban J connectivity index is 1.66. The van der Waals surface area contributed by atoms with Gasteiger partial charge in [0, 0.05) is 12.1 Å². The molecular weight excluding hydrogens is 458 g/mol. The second kappa shape index (κ2) is 11.7. The normalized spacial score (nSPS) is 18.4. The quantitative estimate of drug-likeness (QED) is 0.189. The lowest BCUT2D eigenvalue weighted by molar-refractivity contribution is -0.223. The third kappa shape index (κ3) is 6.93. The highest BCUT2D eigenvalue weighted by Crippen LogP contribution is 2.42. The van der Waals surface area contributed by atoms with E-state index in [4.69, 9.17) is 4.74 Å². The smallest absolute Gasteiger partial charge is 0.400 e. The van der Waals surface area contributed by atoms with Crippen LogP contribution in [0.5, 0.6) is 11.5 Å². The summed E-state index contributed by atoms with van der Waals surface area (Å²) in [5.41, 5.74) is -0.353. The van der Waals surface area contributed by atoms with Crippen molar-refractivity contribution in [1.82, 2.24) is 0 Å². The number of benzene rings is 2. The van der Waals surface area contributed by atoms with E-state index in [-0.39, 0.29) is 17.6 Å². The monoisotopic (exact) mass is 486 g/mol. The molecule has 0 unspecified atom stereocenters. The van der Waals surface area contributed by atoms with Crippen molar-refractivity contribution in [1.29, 1.82) is 0 Å². The standard InChI is InChI=1S/C26H28F6O2/c1-2-3-4-5-17-6-10-19(11-7-17)26(31,32)34-21-14-22(27)25(23(28)15-21)18-8-12-20(13-9-18)33-16-24(29)30/h8-9,12-17,19H,2-7,10-11H2,1H3. The zero-order valence-electron chi connectivity index (χ0n) is 18.9. The SMILES string of the molecule is CCCCCC1CCC(C(F)(F)Oc2cc(F)c(-c3ccc(OC=C(F)F)cc3)c(F)c2)CC1. The molecule has 0 spiro atoms. The minimum Gasteiger partial charge on any atom is -0.459 e. The van der Waals surface area contributed by atoms with Gasteiger partial charge in [0.05, 0.1) is 11.5 Å². The summed E-state index contributed by atoms with van der Waals surface area (Å²) in [4.78, 5) is 0. The van der Waals surface area contributed by atoms with Crippen molar-refractivity contribution < 1.29 is 35.8 Å². The molecule has 1 saturated carbocycles. The average Bonchev–Trinajstić information content (AvgIpc) is 2.78. The Morgan fingerprint density at radius 2 is 1.56 bits per heavy atom. The number of halogens is 6. The van der Waals surface area contributed by atoms with Crippen LogP contribution in [0.4, 0.5) is 26.3 Å². The Hall–Kier alpha value is -2.64. The lowest BCUT2D eigenvalue weighted by Gasteiger charge is -2.33. The van der Waals surface area contributed by atoms with Crippen molar-refractivity contribution in [2.75, 3.05) is 0 Å². The number of alkyl halides is 2. The van der Waals surface area contributed by atoms with Gasteiger partial charge in [-0.3, -0.25) is 0 Å². The Morgan fingerprint density at radius 1 is 0.941 bits per heavy atom. The highest BCUT2D eigenvalue weighted by molar-refractivity contribution is 5.66. The summed E-state index contributed by atoms with van der Waals surface area (Å²) in [5, 5.41) is 0. The van der Waals surface area contributed by atoms with Gasteiger partial charge in [-0.25, -0.2) is 8.78 Å². The molecule has 2 aromatic carbocycles. The van der Waals surface area contributed by atoms with Crippen LogP contribution in [-0.2, 0) is 0 Å². The molecule has 0 heterocycles. The van der Waals surface area contributed by atoms with Crippen molar-refractivity contribution >= 4 is 0 Å². The number of hydrogen-bond donors (Lipinski definition) is 0. The molecular formula is C26H28F6O2. The largest absolute Gasteiger partial charge is 0.459 e. The maximum atomic E-state index is 14.8. The van der Waals surface area contributed by atoms with Gasteiger partial charge in [-0.1, -0.05) is 44.7 Å². The molecule has 0 atom stereocenters. The second-order valence-corrected chi connectivity index (χ2v) is 8.69. The molecule has 0 aromatic heterocycles. The van der Waals surface area contributed by atoms with E-state index < -0.39 is 41.1 Å². The van der Waals surface area contributed by atoms with Gasteiger partial charge in [0.1, 0.15) is 23.1 Å². The fraction of sp³-hybridized carbons (Fsp3) is 0.462. The number of ether oxygens (including phenoxy) is 2. The van der Waals surface area contributed by atoms with Gasteiger partial charge in [0.25, 0.3) is 0 Å². The van der Waals surface area contributed by atoms with Crippen LogP contribution in [0.3, 0.4) is 0 Å². The molecule has 2 nitrogen and oxygen atoms in total. The molecule has 0 bridgehead atoms. The predicted molar refractivity (Wildman–Crippen MR) is 118 cm³/mol. The molecule has 0 N–H and O–H groups in total. The zero-order chi connectivity index (χ0) is 24.7. The molecule has 8 heteroatoms. The van der Waals surface area contributed by atoms with Crippen LogP contribution < -0.4 is 9.47 Å². The van der Waals surface area contributed by atoms with Crippen molar-refractivity contribution in [3.05, 3.63) is 60.4 Å². The van der Waals surface area contributed by atoms with E-state index in [1.165, 1.54) is 24.3 Å². The van der Waals surface area contributed by atoms with Crippen molar-refractivity contribution in [3.63, 3.8) is 0 Å². The Morgan fingerprint density at radius 3 is 2.12 bits per heavy atom. The predicted octanol–water partition coefficient (Wildman–Crippen LogP) is 9.11. The highest BCUT2D eigenvalue weighted by atomic mass is 19.3. The van der Waals surface area contributed by atoms with Gasteiger partial charge >= 0.3 is 12.2 Å². The highest BCUT2D eigenvalue weighted by Gasteiger charge is 2.44. The van der Waals surface area contributed by atoms with Gasteiger partial charge in [-0.2, -0.15) is 17.6 Å². The third-order valence-corrected chi connectivity index (χ3v) is 6.23. The summed E-state index contributed by atoms with van der Waals surface area (Å²) in [6.45, 7) is 2.12. The van der Waals surface area contributed by atoms with Gasteiger partial charge in [-0.05, 0) is 49.3 Å². The molecule has 186 valence electrons. The van der Waals surface area contributed by atoms with E-state index >= 15 is 0 Å². The third-order valence-electron chi connectivity index (χ3n) is 6.23. The van der Waals surface area contributed by atoms with Crippen LogP contribution in [0.1, 0.15) is 58.3 Å². The van der Waals surface area contributed by atoms with Crippen molar-refractivity contribution in [3.8, 4) is 22.6 Å². The maximum absolute atomic E-state index is 14.8. The minimum atomic E-state index is -3.53. The molecule has 3 rings (SSSR count). The van der Waals surface area contributed by atoms with Crippen molar-refractivity contribution in [2.45, 2.75) is 64.4 Å². The van der Waals surface area contributed by atoms with E-state index in [1.807, 2.05) is 0 Å². The Bertz CT molecular complexity index is 939.